The maximum Gasteiger partial charge on any atom is 0.516 e. The summed E-state index contributed by atoms with van der Waals surface area (Å²) in [4.78, 5) is 57.6. The highest BCUT2D eigenvalue weighted by atomic mass is 33.1. The topological polar surface area (TPSA) is 116 Å². The van der Waals surface area contributed by atoms with E-state index in [2.05, 4.69) is 35.6 Å². The molecule has 0 bridgehead atoms. The van der Waals surface area contributed by atoms with Crippen LogP contribution in [0.4, 0.5) is 4.79 Å². The first kappa shape index (κ1) is 35.3. The van der Waals surface area contributed by atoms with Gasteiger partial charge >= 0.3 is 12.1 Å². The molecule has 0 aromatic carbocycles. The lowest BCUT2D eigenvalue weighted by molar-refractivity contribution is -0.137. The monoisotopic (exact) mass is 557 g/mol. The Morgan fingerprint density at radius 3 is 1.88 bits per heavy atom. The SMILES string of the molecule is CCCCCNC(=O)CSC(=O)CCC(=O)SCC(=O)OC(=O)OCC(C)C.CCSSCC. The smallest absolute Gasteiger partial charge is 0.434 e. The predicted octanol–water partition coefficient (Wildman–Crippen LogP) is 5.34. The fourth-order valence-corrected chi connectivity index (χ4v) is 4.40. The van der Waals surface area contributed by atoms with Crippen molar-refractivity contribution >= 4 is 73.4 Å². The second-order valence-electron chi connectivity index (χ2n) is 7.12. The molecule has 0 spiro atoms. The van der Waals surface area contributed by atoms with E-state index in [1.807, 2.05) is 35.4 Å². The van der Waals surface area contributed by atoms with Gasteiger partial charge in [0.05, 0.1) is 18.1 Å². The Bertz CT molecular complexity index is 600. The summed E-state index contributed by atoms with van der Waals surface area (Å²) in [5, 5.41) is 2.09. The second-order valence-corrected chi connectivity index (χ2v) is 12.2. The van der Waals surface area contributed by atoms with E-state index in [0.29, 0.717) is 18.3 Å². The zero-order valence-corrected chi connectivity index (χ0v) is 24.1. The van der Waals surface area contributed by atoms with E-state index < -0.39 is 12.1 Å². The number of rotatable bonds is 16. The van der Waals surface area contributed by atoms with Crippen molar-refractivity contribution in [3.8, 4) is 0 Å². The molecular formula is C22H39NO7S4. The van der Waals surface area contributed by atoms with Crippen molar-refractivity contribution in [3.05, 3.63) is 0 Å². The van der Waals surface area contributed by atoms with Gasteiger partial charge in [-0.15, -0.1) is 0 Å². The summed E-state index contributed by atoms with van der Waals surface area (Å²) < 4.78 is 9.09. The van der Waals surface area contributed by atoms with Gasteiger partial charge in [0.25, 0.3) is 0 Å². The molecule has 0 radical (unpaired) electrons. The molecule has 12 heteroatoms. The molecule has 0 unspecified atom stereocenters. The van der Waals surface area contributed by atoms with Crippen LogP contribution in [0.1, 0.15) is 66.7 Å². The van der Waals surface area contributed by atoms with Crippen molar-refractivity contribution in [3.63, 3.8) is 0 Å². The second kappa shape index (κ2) is 25.2. The first-order chi connectivity index (χ1) is 16.2. The molecule has 0 aliphatic rings. The highest BCUT2D eigenvalue weighted by Gasteiger charge is 2.16. The summed E-state index contributed by atoms with van der Waals surface area (Å²) in [6.45, 7) is 10.8. The van der Waals surface area contributed by atoms with Crippen LogP contribution in [0, 0.1) is 5.92 Å². The molecule has 0 rings (SSSR count). The Hall–Kier alpha value is -0.850. The Kier molecular flexibility index (Phi) is 26.2. The van der Waals surface area contributed by atoms with E-state index in [-0.39, 0.29) is 53.0 Å². The third-order valence-corrected chi connectivity index (χ3v) is 7.79. The summed E-state index contributed by atoms with van der Waals surface area (Å²) in [6, 6.07) is 0. The number of esters is 1. The van der Waals surface area contributed by atoms with Gasteiger partial charge < -0.3 is 14.8 Å². The number of amides is 1. The van der Waals surface area contributed by atoms with Crippen LogP contribution in [0.2, 0.25) is 0 Å². The molecule has 0 saturated carbocycles. The van der Waals surface area contributed by atoms with Gasteiger partial charge in [-0.2, -0.15) is 0 Å². The third-order valence-electron chi connectivity index (χ3n) is 3.40. The third kappa shape index (κ3) is 27.4. The number of carbonyl (C=O) groups is 5. The van der Waals surface area contributed by atoms with E-state index in [9.17, 15) is 24.0 Å². The van der Waals surface area contributed by atoms with Crippen LogP contribution < -0.4 is 5.32 Å². The van der Waals surface area contributed by atoms with Crippen LogP contribution in [0.5, 0.6) is 0 Å². The fourth-order valence-electron chi connectivity index (χ4n) is 1.84. The standard InChI is InChI=1S/C18H29NO7S2.C4H10S2/c1-4-5-6-9-19-14(20)11-27-16(22)7-8-17(23)28-12-15(21)26-18(24)25-10-13(2)3;1-3-5-6-4-2/h13H,4-12H2,1-3H3,(H,19,20);3-4H2,1-2H3. The van der Waals surface area contributed by atoms with Crippen LogP contribution >= 0.6 is 45.1 Å². The molecule has 1 amide bonds. The molecule has 0 aliphatic heterocycles. The van der Waals surface area contributed by atoms with Gasteiger partial charge in [0.15, 0.2) is 10.2 Å². The zero-order chi connectivity index (χ0) is 26.2. The lowest BCUT2D eigenvalue weighted by Gasteiger charge is -2.06. The van der Waals surface area contributed by atoms with Crippen LogP contribution in [0.3, 0.4) is 0 Å². The van der Waals surface area contributed by atoms with Crippen LogP contribution in [-0.4, -0.2) is 64.4 Å². The highest BCUT2D eigenvalue weighted by molar-refractivity contribution is 8.76. The van der Waals surface area contributed by atoms with E-state index in [1.165, 1.54) is 11.5 Å². The molecule has 0 aromatic heterocycles. The van der Waals surface area contributed by atoms with E-state index >= 15 is 0 Å². The minimum Gasteiger partial charge on any atom is -0.434 e. The molecule has 0 fully saturated rings. The first-order valence-corrected chi connectivity index (χ1v) is 15.8. The molecule has 0 atom stereocenters. The molecule has 1 N–H and O–H groups in total. The quantitative estimate of drug-likeness (QED) is 0.115. The number of thioether (sulfide) groups is 2. The van der Waals surface area contributed by atoms with Crippen LogP contribution in [-0.2, 0) is 28.7 Å². The summed E-state index contributed by atoms with van der Waals surface area (Å²) in [5.41, 5.74) is 0. The lowest BCUT2D eigenvalue weighted by Crippen LogP contribution is -2.26. The Morgan fingerprint density at radius 2 is 1.38 bits per heavy atom. The van der Waals surface area contributed by atoms with Gasteiger partial charge in [-0.25, -0.2) is 4.79 Å². The number of carbonyl (C=O) groups excluding carboxylic acids is 5. The number of unbranched alkanes of at least 4 members (excludes halogenated alkanes) is 2. The Balaban J connectivity index is 0. The van der Waals surface area contributed by atoms with E-state index in [0.717, 1.165) is 31.0 Å². The summed E-state index contributed by atoms with van der Waals surface area (Å²) >= 11 is 1.54. The van der Waals surface area contributed by atoms with Gasteiger partial charge in [-0.3, -0.25) is 19.2 Å². The average Bonchev–Trinajstić information content (AvgIpc) is 2.80. The van der Waals surface area contributed by atoms with Gasteiger partial charge in [0, 0.05) is 30.9 Å². The average molecular weight is 558 g/mol. The maximum atomic E-state index is 11.7. The van der Waals surface area contributed by atoms with Gasteiger partial charge in [0.2, 0.25) is 5.91 Å². The molecule has 198 valence electrons. The number of hydrogen-bond donors (Lipinski definition) is 1. The summed E-state index contributed by atoms with van der Waals surface area (Å²) in [6.07, 6.45) is 1.84. The first-order valence-electron chi connectivity index (χ1n) is 11.4. The summed E-state index contributed by atoms with van der Waals surface area (Å²) in [7, 11) is 3.85. The molecule has 0 aliphatic carbocycles. The molecule has 0 aromatic rings. The highest BCUT2D eigenvalue weighted by Crippen LogP contribution is 2.18. The maximum absolute atomic E-state index is 11.7. The Labute approximate surface area is 220 Å². The fraction of sp³-hybridized carbons (Fsp3) is 0.773. The van der Waals surface area contributed by atoms with Gasteiger partial charge in [0.1, 0.15) is 0 Å². The molecule has 8 nitrogen and oxygen atoms in total. The van der Waals surface area contributed by atoms with Crippen molar-refractivity contribution < 1.29 is 33.4 Å². The normalized spacial score (nSPS) is 10.2. The van der Waals surface area contributed by atoms with Crippen molar-refractivity contribution in [1.29, 1.82) is 0 Å². The van der Waals surface area contributed by atoms with Crippen molar-refractivity contribution in [1.82, 2.24) is 5.32 Å². The minimum atomic E-state index is -1.09. The van der Waals surface area contributed by atoms with Crippen LogP contribution in [0.25, 0.3) is 0 Å². The van der Waals surface area contributed by atoms with Crippen LogP contribution in [0.15, 0.2) is 0 Å². The number of ether oxygens (including phenoxy) is 2. The predicted molar refractivity (Wildman–Crippen MR) is 145 cm³/mol. The number of hydrogen-bond acceptors (Lipinski definition) is 11. The zero-order valence-electron chi connectivity index (χ0n) is 20.8. The largest absolute Gasteiger partial charge is 0.516 e. The molecular weight excluding hydrogens is 519 g/mol. The van der Waals surface area contributed by atoms with Crippen molar-refractivity contribution in [2.24, 2.45) is 5.92 Å². The van der Waals surface area contributed by atoms with E-state index in [4.69, 9.17) is 0 Å². The van der Waals surface area contributed by atoms with E-state index in [1.54, 1.807) is 0 Å². The van der Waals surface area contributed by atoms with Gasteiger partial charge in [-0.1, -0.05) is 92.6 Å². The summed E-state index contributed by atoms with van der Waals surface area (Å²) in [5.74, 6) is 1.18. The number of nitrogens with one attached hydrogen (secondary N) is 1. The Morgan fingerprint density at radius 1 is 0.824 bits per heavy atom. The van der Waals surface area contributed by atoms with Gasteiger partial charge in [-0.05, 0) is 12.3 Å². The molecule has 34 heavy (non-hydrogen) atoms. The minimum absolute atomic E-state index is 0.0227. The molecule has 0 heterocycles. The lowest BCUT2D eigenvalue weighted by atomic mass is 10.2. The molecule has 0 saturated heterocycles. The van der Waals surface area contributed by atoms with Crippen molar-refractivity contribution in [2.75, 3.05) is 36.2 Å². The van der Waals surface area contributed by atoms with Crippen molar-refractivity contribution in [2.45, 2.75) is 66.7 Å².